The van der Waals surface area contributed by atoms with Crippen molar-refractivity contribution in [2.24, 2.45) is 0 Å². The number of nitrogens with one attached hydrogen (secondary N) is 1. The quantitative estimate of drug-likeness (QED) is 0.562. The van der Waals surface area contributed by atoms with Crippen molar-refractivity contribution in [3.05, 3.63) is 12.7 Å². The van der Waals surface area contributed by atoms with Crippen molar-refractivity contribution >= 4 is 5.78 Å². The molecular weight excluding hydrogens is 126 g/mol. The van der Waals surface area contributed by atoms with Crippen LogP contribution in [0.3, 0.4) is 0 Å². The molecular formula is C8H15NO. The van der Waals surface area contributed by atoms with Crippen LogP contribution in [0.4, 0.5) is 0 Å². The molecule has 0 saturated heterocycles. The van der Waals surface area contributed by atoms with E-state index in [-0.39, 0.29) is 0 Å². The largest absolute Gasteiger partial charge is 0.319 e. The summed E-state index contributed by atoms with van der Waals surface area (Å²) in [6.07, 6.45) is 3.87. The van der Waals surface area contributed by atoms with Gasteiger partial charge in [0, 0.05) is 19.4 Å². The molecule has 0 saturated carbocycles. The highest BCUT2D eigenvalue weighted by molar-refractivity contribution is 5.78. The van der Waals surface area contributed by atoms with Gasteiger partial charge < -0.3 is 5.32 Å². The molecule has 2 heteroatoms. The van der Waals surface area contributed by atoms with Crippen molar-refractivity contribution in [2.75, 3.05) is 13.6 Å². The van der Waals surface area contributed by atoms with E-state index >= 15 is 0 Å². The molecule has 0 unspecified atom stereocenters. The minimum absolute atomic E-state index is 0.314. The molecule has 0 spiro atoms. The fraction of sp³-hybridized carbons (Fsp3) is 0.625. The van der Waals surface area contributed by atoms with Crippen molar-refractivity contribution in [3.8, 4) is 0 Å². The number of carbonyl (C=O) groups is 1. The fourth-order valence-electron chi connectivity index (χ4n) is 0.652. The smallest absolute Gasteiger partial charge is 0.134 e. The average molecular weight is 141 g/mol. The van der Waals surface area contributed by atoms with Crippen molar-refractivity contribution in [2.45, 2.75) is 19.3 Å². The van der Waals surface area contributed by atoms with Gasteiger partial charge in [-0.05, 0) is 13.5 Å². The molecule has 1 N–H and O–H groups in total. The first kappa shape index (κ1) is 9.37. The number of ketones is 1. The van der Waals surface area contributed by atoms with E-state index in [1.807, 2.05) is 7.05 Å². The Bertz CT molecular complexity index is 110. The summed E-state index contributed by atoms with van der Waals surface area (Å²) in [5.41, 5.74) is 0. The van der Waals surface area contributed by atoms with Crippen molar-refractivity contribution < 1.29 is 4.79 Å². The molecule has 2 nitrogen and oxygen atoms in total. The SMILES string of the molecule is C=CCCC(=O)CCNC. The van der Waals surface area contributed by atoms with Crippen molar-refractivity contribution in [3.63, 3.8) is 0 Å². The van der Waals surface area contributed by atoms with E-state index in [1.54, 1.807) is 6.08 Å². The number of rotatable bonds is 6. The molecule has 0 aromatic rings. The number of hydrogen-bond acceptors (Lipinski definition) is 2. The third-order valence-corrected chi connectivity index (χ3v) is 1.28. The summed E-state index contributed by atoms with van der Waals surface area (Å²) in [6.45, 7) is 4.33. The Kier molecular flexibility index (Phi) is 6.08. The van der Waals surface area contributed by atoms with Gasteiger partial charge in [0.1, 0.15) is 5.78 Å². The van der Waals surface area contributed by atoms with Crippen LogP contribution in [0.2, 0.25) is 0 Å². The second kappa shape index (κ2) is 6.49. The van der Waals surface area contributed by atoms with Crippen LogP contribution in [0.1, 0.15) is 19.3 Å². The monoisotopic (exact) mass is 141 g/mol. The standard InChI is InChI=1S/C8H15NO/c1-3-4-5-8(10)6-7-9-2/h3,9H,1,4-7H2,2H3. The lowest BCUT2D eigenvalue weighted by molar-refractivity contribution is -0.118. The molecule has 0 aliphatic rings. The Labute approximate surface area is 62.3 Å². The van der Waals surface area contributed by atoms with E-state index < -0.39 is 0 Å². The average Bonchev–Trinajstić information content (AvgIpc) is 1.97. The van der Waals surface area contributed by atoms with Crippen LogP contribution in [0.15, 0.2) is 12.7 Å². The molecule has 0 aromatic carbocycles. The van der Waals surface area contributed by atoms with E-state index in [4.69, 9.17) is 0 Å². The Balaban J connectivity index is 3.16. The highest BCUT2D eigenvalue weighted by Gasteiger charge is 1.97. The zero-order valence-corrected chi connectivity index (χ0v) is 6.52. The Morgan fingerprint density at radius 1 is 1.60 bits per heavy atom. The maximum atomic E-state index is 10.9. The van der Waals surface area contributed by atoms with Gasteiger partial charge in [-0.25, -0.2) is 0 Å². The molecule has 58 valence electrons. The Hall–Kier alpha value is -0.630. The van der Waals surface area contributed by atoms with E-state index in [0.29, 0.717) is 18.6 Å². The molecule has 0 aliphatic carbocycles. The van der Waals surface area contributed by atoms with Crippen LogP contribution in [-0.4, -0.2) is 19.4 Å². The maximum Gasteiger partial charge on any atom is 0.134 e. The Morgan fingerprint density at radius 2 is 2.30 bits per heavy atom. The molecule has 0 radical (unpaired) electrons. The number of hydrogen-bond donors (Lipinski definition) is 1. The third-order valence-electron chi connectivity index (χ3n) is 1.28. The first-order chi connectivity index (χ1) is 4.81. The first-order valence-electron chi connectivity index (χ1n) is 3.58. The van der Waals surface area contributed by atoms with Crippen LogP contribution < -0.4 is 5.32 Å². The topological polar surface area (TPSA) is 29.1 Å². The van der Waals surface area contributed by atoms with Crippen LogP contribution in [0, 0.1) is 0 Å². The lowest BCUT2D eigenvalue weighted by Crippen LogP contribution is -2.12. The number of carbonyl (C=O) groups excluding carboxylic acids is 1. The zero-order valence-electron chi connectivity index (χ0n) is 6.52. The molecule has 0 atom stereocenters. The third kappa shape index (κ3) is 5.51. The predicted octanol–water partition coefficient (Wildman–Crippen LogP) is 1.13. The summed E-state index contributed by atoms with van der Waals surface area (Å²) in [5, 5.41) is 2.93. The van der Waals surface area contributed by atoms with Gasteiger partial charge >= 0.3 is 0 Å². The summed E-state index contributed by atoms with van der Waals surface area (Å²) in [6, 6.07) is 0. The van der Waals surface area contributed by atoms with Gasteiger partial charge in [-0.15, -0.1) is 6.58 Å². The number of allylic oxidation sites excluding steroid dienone is 1. The number of Topliss-reactive ketones (excluding diaryl/α,β-unsaturated/α-hetero) is 1. The second-order valence-electron chi connectivity index (χ2n) is 2.22. The fourth-order valence-corrected chi connectivity index (χ4v) is 0.652. The van der Waals surface area contributed by atoms with Gasteiger partial charge in [0.25, 0.3) is 0 Å². The summed E-state index contributed by atoms with van der Waals surface area (Å²) in [4.78, 5) is 10.9. The summed E-state index contributed by atoms with van der Waals surface area (Å²) in [5.74, 6) is 0.314. The molecule has 0 amide bonds. The van der Waals surface area contributed by atoms with E-state index in [2.05, 4.69) is 11.9 Å². The summed E-state index contributed by atoms with van der Waals surface area (Å²) < 4.78 is 0. The van der Waals surface area contributed by atoms with Crippen LogP contribution in [0.5, 0.6) is 0 Å². The lowest BCUT2D eigenvalue weighted by atomic mass is 10.2. The zero-order chi connectivity index (χ0) is 7.82. The minimum atomic E-state index is 0.314. The van der Waals surface area contributed by atoms with Gasteiger partial charge in [0.15, 0.2) is 0 Å². The van der Waals surface area contributed by atoms with E-state index in [1.165, 1.54) is 0 Å². The van der Waals surface area contributed by atoms with Crippen molar-refractivity contribution in [1.82, 2.24) is 5.32 Å². The first-order valence-corrected chi connectivity index (χ1v) is 3.58. The summed E-state index contributed by atoms with van der Waals surface area (Å²) in [7, 11) is 1.85. The molecule has 0 aliphatic heterocycles. The van der Waals surface area contributed by atoms with E-state index in [9.17, 15) is 4.79 Å². The normalized spacial score (nSPS) is 9.30. The second-order valence-corrected chi connectivity index (χ2v) is 2.22. The molecule has 10 heavy (non-hydrogen) atoms. The minimum Gasteiger partial charge on any atom is -0.319 e. The molecule has 0 bridgehead atoms. The van der Waals surface area contributed by atoms with Gasteiger partial charge in [0.2, 0.25) is 0 Å². The molecule has 0 fully saturated rings. The van der Waals surface area contributed by atoms with Crippen LogP contribution in [-0.2, 0) is 4.79 Å². The molecule has 0 aromatic heterocycles. The van der Waals surface area contributed by atoms with E-state index in [0.717, 1.165) is 13.0 Å². The van der Waals surface area contributed by atoms with Gasteiger partial charge in [-0.3, -0.25) is 4.79 Å². The summed E-state index contributed by atoms with van der Waals surface area (Å²) >= 11 is 0. The Morgan fingerprint density at radius 3 is 2.80 bits per heavy atom. The van der Waals surface area contributed by atoms with Crippen LogP contribution >= 0.6 is 0 Å². The lowest BCUT2D eigenvalue weighted by Gasteiger charge is -1.96. The highest BCUT2D eigenvalue weighted by atomic mass is 16.1. The van der Waals surface area contributed by atoms with Gasteiger partial charge in [-0.2, -0.15) is 0 Å². The molecule has 0 rings (SSSR count). The molecule has 0 heterocycles. The van der Waals surface area contributed by atoms with Gasteiger partial charge in [-0.1, -0.05) is 6.08 Å². The predicted molar refractivity (Wildman–Crippen MR) is 43.0 cm³/mol. The van der Waals surface area contributed by atoms with Crippen LogP contribution in [0.25, 0.3) is 0 Å². The van der Waals surface area contributed by atoms with Crippen molar-refractivity contribution in [1.29, 1.82) is 0 Å². The highest BCUT2D eigenvalue weighted by Crippen LogP contribution is 1.93. The maximum absolute atomic E-state index is 10.9. The van der Waals surface area contributed by atoms with Gasteiger partial charge in [0.05, 0.1) is 0 Å².